The highest BCUT2D eigenvalue weighted by molar-refractivity contribution is 6.43. The number of nitrogens with zero attached hydrogens (tertiary/aromatic N) is 3. The van der Waals surface area contributed by atoms with Gasteiger partial charge in [-0.3, -0.25) is 14.9 Å². The third kappa shape index (κ3) is 4.04. The van der Waals surface area contributed by atoms with Gasteiger partial charge >= 0.3 is 0 Å². The van der Waals surface area contributed by atoms with Gasteiger partial charge in [-0.25, -0.2) is 0 Å². The molecule has 1 rings (SSSR count). The van der Waals surface area contributed by atoms with Crippen LogP contribution in [0.4, 0.5) is 0 Å². The zero-order chi connectivity index (χ0) is 15.1. The molecule has 112 valence electrons. The van der Waals surface area contributed by atoms with E-state index >= 15 is 0 Å². The van der Waals surface area contributed by atoms with Crippen molar-refractivity contribution >= 4 is 11.6 Å². The van der Waals surface area contributed by atoms with Gasteiger partial charge in [-0.05, 0) is 31.8 Å². The number of nitro groups is 1. The summed E-state index contributed by atoms with van der Waals surface area (Å²) >= 11 is 0. The number of piperidine rings is 1. The number of amides is 1. The molecule has 0 saturated carbocycles. The van der Waals surface area contributed by atoms with Crippen molar-refractivity contribution in [1.29, 1.82) is 0 Å². The maximum atomic E-state index is 12.2. The number of oxime groups is 1. The summed E-state index contributed by atoms with van der Waals surface area (Å²) in [6, 6.07) is -0.897. The molecule has 0 aromatic heterocycles. The highest BCUT2D eigenvalue weighted by Gasteiger charge is 2.24. The summed E-state index contributed by atoms with van der Waals surface area (Å²) < 4.78 is 0. The van der Waals surface area contributed by atoms with E-state index in [1.165, 1.54) is 13.0 Å². The van der Waals surface area contributed by atoms with Gasteiger partial charge in [0.25, 0.3) is 5.91 Å². The predicted octanol–water partition coefficient (Wildman–Crippen LogP) is 1.83. The number of carbonyl (C=O) groups excluding carboxylic acids is 1. The van der Waals surface area contributed by atoms with Gasteiger partial charge in [-0.1, -0.05) is 12.1 Å². The molecule has 1 N–H and O–H groups in total. The molecule has 0 spiro atoms. The maximum Gasteiger partial charge on any atom is 0.275 e. The Hall–Kier alpha value is -1.92. The van der Waals surface area contributed by atoms with E-state index in [0.29, 0.717) is 25.1 Å². The molecule has 0 bridgehead atoms. The third-order valence-corrected chi connectivity index (χ3v) is 3.55. The molecule has 1 aliphatic heterocycles. The molecule has 7 heteroatoms. The van der Waals surface area contributed by atoms with Gasteiger partial charge in [0.2, 0.25) is 6.04 Å². The predicted molar refractivity (Wildman–Crippen MR) is 74.5 cm³/mol. The molecule has 7 nitrogen and oxygen atoms in total. The molecule has 1 fully saturated rings. The van der Waals surface area contributed by atoms with Gasteiger partial charge in [0, 0.05) is 30.5 Å². The van der Waals surface area contributed by atoms with E-state index in [-0.39, 0.29) is 11.6 Å². The highest BCUT2D eigenvalue weighted by Crippen LogP contribution is 2.13. The molecule has 1 heterocycles. The van der Waals surface area contributed by atoms with Crippen LogP contribution in [0.3, 0.4) is 0 Å². The standard InChI is InChI=1S/C13H21N3O4/c1-3-11(10(2)16(19)20)9-12(14-18)13(17)15-7-5-4-6-8-15/h9-10,18H,3-8H2,1-2H3/b11-9+,14-12+. The van der Waals surface area contributed by atoms with Crippen molar-refractivity contribution in [1.82, 2.24) is 4.90 Å². The zero-order valence-electron chi connectivity index (χ0n) is 11.9. The molecule has 0 aromatic rings. The quantitative estimate of drug-likeness (QED) is 0.360. The Balaban J connectivity index is 2.89. The normalized spacial score (nSPS) is 18.8. The second-order valence-corrected chi connectivity index (χ2v) is 4.87. The van der Waals surface area contributed by atoms with Crippen LogP contribution in [0, 0.1) is 10.1 Å². The molecule has 20 heavy (non-hydrogen) atoms. The van der Waals surface area contributed by atoms with Crippen molar-refractivity contribution in [3.63, 3.8) is 0 Å². The molecule has 1 unspecified atom stereocenters. The average molecular weight is 283 g/mol. The summed E-state index contributed by atoms with van der Waals surface area (Å²) in [4.78, 5) is 24.2. The van der Waals surface area contributed by atoms with Crippen molar-refractivity contribution in [2.75, 3.05) is 13.1 Å². The Labute approximate surface area is 118 Å². The fourth-order valence-corrected chi connectivity index (χ4v) is 2.22. The lowest BCUT2D eigenvalue weighted by Gasteiger charge is -2.26. The SMILES string of the molecule is CC/C(=C\C(=N/O)C(=O)N1CCCCC1)C(C)[N+](=O)[O-]. The van der Waals surface area contributed by atoms with E-state index in [1.807, 2.05) is 0 Å². The summed E-state index contributed by atoms with van der Waals surface area (Å²) in [6.45, 7) is 4.50. The molecule has 0 aromatic carbocycles. The molecule has 1 amide bonds. The summed E-state index contributed by atoms with van der Waals surface area (Å²) in [5.41, 5.74) is 0.339. The lowest BCUT2D eigenvalue weighted by atomic mass is 10.0. The Bertz CT molecular complexity index is 425. The van der Waals surface area contributed by atoms with Crippen LogP contribution in [-0.4, -0.2) is 45.8 Å². The third-order valence-electron chi connectivity index (χ3n) is 3.55. The van der Waals surface area contributed by atoms with Crippen LogP contribution in [0.1, 0.15) is 39.5 Å². The molecule has 0 radical (unpaired) electrons. The first-order valence-corrected chi connectivity index (χ1v) is 6.86. The molecule has 1 aliphatic rings. The van der Waals surface area contributed by atoms with Crippen molar-refractivity contribution in [3.05, 3.63) is 21.8 Å². The first kappa shape index (κ1) is 16.1. The summed E-state index contributed by atoms with van der Waals surface area (Å²) in [6.07, 6.45) is 4.71. The smallest absolute Gasteiger partial charge is 0.275 e. The van der Waals surface area contributed by atoms with E-state index in [2.05, 4.69) is 5.16 Å². The largest absolute Gasteiger partial charge is 0.410 e. The summed E-state index contributed by atoms with van der Waals surface area (Å²) in [7, 11) is 0. The zero-order valence-corrected chi connectivity index (χ0v) is 11.9. The number of rotatable bonds is 5. The maximum absolute atomic E-state index is 12.2. The minimum absolute atomic E-state index is 0.127. The first-order valence-electron chi connectivity index (χ1n) is 6.86. The van der Waals surface area contributed by atoms with E-state index < -0.39 is 11.0 Å². The lowest BCUT2D eigenvalue weighted by molar-refractivity contribution is -0.507. The van der Waals surface area contributed by atoms with Crippen LogP contribution >= 0.6 is 0 Å². The second-order valence-electron chi connectivity index (χ2n) is 4.87. The molecule has 0 aliphatic carbocycles. The highest BCUT2D eigenvalue weighted by atomic mass is 16.6. The first-order chi connectivity index (χ1) is 9.51. The Morgan fingerprint density at radius 3 is 2.50 bits per heavy atom. The van der Waals surface area contributed by atoms with Crippen molar-refractivity contribution < 1.29 is 14.9 Å². The van der Waals surface area contributed by atoms with E-state index in [4.69, 9.17) is 5.21 Å². The van der Waals surface area contributed by atoms with Crippen LogP contribution in [0.15, 0.2) is 16.8 Å². The average Bonchev–Trinajstić information content (AvgIpc) is 2.48. The van der Waals surface area contributed by atoms with E-state index in [1.54, 1.807) is 11.8 Å². The van der Waals surface area contributed by atoms with Gasteiger partial charge in [-0.15, -0.1) is 0 Å². The van der Waals surface area contributed by atoms with E-state index in [9.17, 15) is 14.9 Å². The fraction of sp³-hybridized carbons (Fsp3) is 0.692. The number of hydrogen-bond acceptors (Lipinski definition) is 5. The van der Waals surface area contributed by atoms with Crippen molar-refractivity contribution in [2.45, 2.75) is 45.6 Å². The van der Waals surface area contributed by atoms with Gasteiger partial charge in [0.15, 0.2) is 5.71 Å². The van der Waals surface area contributed by atoms with Crippen LogP contribution < -0.4 is 0 Å². The number of likely N-dealkylation sites (tertiary alicyclic amines) is 1. The molecule has 1 saturated heterocycles. The Morgan fingerprint density at radius 1 is 1.45 bits per heavy atom. The number of hydrogen-bond donors (Lipinski definition) is 1. The van der Waals surface area contributed by atoms with E-state index in [0.717, 1.165) is 19.3 Å². The van der Waals surface area contributed by atoms with Crippen molar-refractivity contribution in [3.8, 4) is 0 Å². The summed E-state index contributed by atoms with van der Waals surface area (Å²) in [5.74, 6) is -0.367. The topological polar surface area (TPSA) is 96.0 Å². The minimum Gasteiger partial charge on any atom is -0.410 e. The Kier molecular flexibility index (Phi) is 6.14. The molecule has 1 atom stereocenters. The van der Waals surface area contributed by atoms with Crippen molar-refractivity contribution in [2.24, 2.45) is 5.16 Å². The van der Waals surface area contributed by atoms with Crippen LogP contribution in [-0.2, 0) is 4.79 Å². The van der Waals surface area contributed by atoms with Gasteiger partial charge in [-0.2, -0.15) is 0 Å². The minimum atomic E-state index is -0.897. The summed E-state index contributed by atoms with van der Waals surface area (Å²) in [5, 5.41) is 22.8. The number of carbonyl (C=O) groups is 1. The van der Waals surface area contributed by atoms with Gasteiger partial charge < -0.3 is 10.1 Å². The van der Waals surface area contributed by atoms with Gasteiger partial charge in [0.1, 0.15) is 0 Å². The van der Waals surface area contributed by atoms with Gasteiger partial charge in [0.05, 0.1) is 0 Å². The molecular formula is C13H21N3O4. The van der Waals surface area contributed by atoms with Crippen LogP contribution in [0.25, 0.3) is 0 Å². The Morgan fingerprint density at radius 2 is 2.05 bits per heavy atom. The monoisotopic (exact) mass is 283 g/mol. The van der Waals surface area contributed by atoms with Crippen LogP contribution in [0.2, 0.25) is 0 Å². The second kappa shape index (κ2) is 7.62. The fourth-order valence-electron chi connectivity index (χ4n) is 2.22. The molecular weight excluding hydrogens is 262 g/mol. The lowest BCUT2D eigenvalue weighted by Crippen LogP contribution is -2.39. The van der Waals surface area contributed by atoms with Crippen LogP contribution in [0.5, 0.6) is 0 Å².